The molecule has 2 heterocycles. The molecule has 2 atom stereocenters. The van der Waals surface area contributed by atoms with Gasteiger partial charge in [-0.25, -0.2) is 4.98 Å². The molecule has 4 aromatic rings. The van der Waals surface area contributed by atoms with Gasteiger partial charge in [-0.05, 0) is 61.1 Å². The molecule has 1 fully saturated rings. The van der Waals surface area contributed by atoms with E-state index in [1.165, 1.54) is 0 Å². The van der Waals surface area contributed by atoms with E-state index in [0.717, 1.165) is 53.8 Å². The quantitative estimate of drug-likeness (QED) is 0.143. The summed E-state index contributed by atoms with van der Waals surface area (Å²) in [5, 5.41) is 22.2. The molecule has 0 radical (unpaired) electrons. The molecule has 0 amide bonds. The molecule has 0 saturated carbocycles. The highest BCUT2D eigenvalue weighted by atomic mass is 16.5. The average Bonchev–Trinajstić information content (AvgIpc) is 3.65. The molecule has 3 N–H and O–H groups in total. The van der Waals surface area contributed by atoms with E-state index in [2.05, 4.69) is 22.0 Å². The van der Waals surface area contributed by atoms with Gasteiger partial charge in [0, 0.05) is 19.6 Å². The van der Waals surface area contributed by atoms with E-state index in [4.69, 9.17) is 29.0 Å². The predicted molar refractivity (Wildman–Crippen MR) is 162 cm³/mol. The van der Waals surface area contributed by atoms with Crippen LogP contribution in [0.3, 0.4) is 0 Å². The number of fused-ring (bicyclic) bond motifs is 1. The summed E-state index contributed by atoms with van der Waals surface area (Å²) in [4.78, 5) is 4.84. The molecule has 3 aromatic carbocycles. The Labute approximate surface area is 247 Å². The van der Waals surface area contributed by atoms with E-state index in [-0.39, 0.29) is 25.5 Å². The van der Waals surface area contributed by atoms with E-state index < -0.39 is 0 Å². The lowest BCUT2D eigenvalue weighted by Gasteiger charge is -2.18. The van der Waals surface area contributed by atoms with Gasteiger partial charge in [0.15, 0.2) is 11.5 Å². The van der Waals surface area contributed by atoms with E-state index in [0.29, 0.717) is 50.9 Å². The molecule has 9 heteroatoms. The molecule has 0 unspecified atom stereocenters. The maximum Gasteiger partial charge on any atom is 0.206 e. The summed E-state index contributed by atoms with van der Waals surface area (Å²) < 4.78 is 26.2. The van der Waals surface area contributed by atoms with Crippen LogP contribution in [0.4, 0.5) is 5.95 Å². The number of para-hydroxylation sites is 2. The van der Waals surface area contributed by atoms with Crippen LogP contribution in [0, 0.1) is 0 Å². The number of unbranched alkanes of at least 4 members (excludes halogenated alkanes) is 1. The molecule has 1 aliphatic rings. The van der Waals surface area contributed by atoms with Crippen molar-refractivity contribution in [2.75, 3.05) is 38.4 Å². The van der Waals surface area contributed by atoms with Gasteiger partial charge in [-0.1, -0.05) is 48.5 Å². The normalized spacial score (nSPS) is 16.6. The van der Waals surface area contributed by atoms with Gasteiger partial charge >= 0.3 is 0 Å². The highest BCUT2D eigenvalue weighted by Gasteiger charge is 2.29. The molecule has 5 rings (SSSR count). The van der Waals surface area contributed by atoms with Crippen molar-refractivity contribution in [3.05, 3.63) is 83.9 Å². The van der Waals surface area contributed by atoms with Gasteiger partial charge in [0.25, 0.3) is 0 Å². The van der Waals surface area contributed by atoms with Gasteiger partial charge in [0.1, 0.15) is 6.23 Å². The summed E-state index contributed by atoms with van der Waals surface area (Å²) in [6.07, 6.45) is 3.49. The topological polar surface area (TPSA) is 107 Å². The Morgan fingerprint density at radius 2 is 1.64 bits per heavy atom. The van der Waals surface area contributed by atoms with E-state index >= 15 is 0 Å². The SMILES string of the molecule is OCCCCOc1cc(CNc2nc3ccccc3n2[C@H]2CC[C@@H](CO)O2)ccc1OCCCOCc1ccccc1. The zero-order valence-corrected chi connectivity index (χ0v) is 24.0. The Hall–Kier alpha value is -3.63. The molecule has 0 spiro atoms. The van der Waals surface area contributed by atoms with Crippen molar-refractivity contribution in [3.63, 3.8) is 0 Å². The maximum absolute atomic E-state index is 9.58. The number of nitrogens with one attached hydrogen (secondary N) is 1. The van der Waals surface area contributed by atoms with Crippen LogP contribution >= 0.6 is 0 Å². The third-order valence-electron chi connectivity index (χ3n) is 7.24. The average molecular weight is 576 g/mol. The van der Waals surface area contributed by atoms with Crippen molar-refractivity contribution in [2.45, 2.75) is 57.6 Å². The van der Waals surface area contributed by atoms with Crippen molar-refractivity contribution < 1.29 is 29.2 Å². The standard InChI is InChI=1S/C33H41N3O6/c37-17-6-7-19-41-31-21-26(13-15-30(31)40-20-8-18-39-24-25-9-2-1-3-10-25)22-34-33-35-28-11-4-5-12-29(28)36(33)32-16-14-27(23-38)42-32/h1-5,9-13,15,21,27,32,37-38H,6-8,14,16-20,22-24H2,(H,34,35)/t27-,32+/m0/s1. The summed E-state index contributed by atoms with van der Waals surface area (Å²) in [5.74, 6) is 2.09. The summed E-state index contributed by atoms with van der Waals surface area (Å²) in [7, 11) is 0. The van der Waals surface area contributed by atoms with Crippen LogP contribution < -0.4 is 14.8 Å². The summed E-state index contributed by atoms with van der Waals surface area (Å²) in [5.41, 5.74) is 4.06. The number of aliphatic hydroxyl groups excluding tert-OH is 2. The Bertz CT molecular complexity index is 1380. The van der Waals surface area contributed by atoms with Crippen LogP contribution in [-0.2, 0) is 22.6 Å². The number of hydrogen-bond donors (Lipinski definition) is 3. The molecule has 0 bridgehead atoms. The highest BCUT2D eigenvalue weighted by molar-refractivity contribution is 5.78. The van der Waals surface area contributed by atoms with Crippen LogP contribution in [0.1, 0.15) is 49.5 Å². The zero-order valence-electron chi connectivity index (χ0n) is 24.0. The molecule has 9 nitrogen and oxygen atoms in total. The molecule has 1 saturated heterocycles. The van der Waals surface area contributed by atoms with Crippen molar-refractivity contribution in [1.82, 2.24) is 9.55 Å². The molecule has 0 aliphatic carbocycles. The number of rotatable bonds is 17. The fourth-order valence-electron chi connectivity index (χ4n) is 5.05. The van der Waals surface area contributed by atoms with Crippen LogP contribution in [0.2, 0.25) is 0 Å². The number of imidazole rings is 1. The lowest BCUT2D eigenvalue weighted by Crippen LogP contribution is -2.16. The first-order valence-corrected chi connectivity index (χ1v) is 14.8. The van der Waals surface area contributed by atoms with Gasteiger partial charge in [0.2, 0.25) is 5.95 Å². The van der Waals surface area contributed by atoms with E-state index in [9.17, 15) is 5.11 Å². The number of ether oxygens (including phenoxy) is 4. The molecule has 1 aromatic heterocycles. The van der Waals surface area contributed by atoms with Crippen molar-refractivity contribution in [2.24, 2.45) is 0 Å². The summed E-state index contributed by atoms with van der Waals surface area (Å²) in [6, 6.07) is 24.1. The Morgan fingerprint density at radius 1 is 0.833 bits per heavy atom. The largest absolute Gasteiger partial charge is 0.490 e. The second-order valence-corrected chi connectivity index (χ2v) is 10.4. The second kappa shape index (κ2) is 15.6. The predicted octanol–water partition coefficient (Wildman–Crippen LogP) is 5.46. The van der Waals surface area contributed by atoms with Crippen LogP contribution in [0.5, 0.6) is 11.5 Å². The lowest BCUT2D eigenvalue weighted by molar-refractivity contribution is -0.0195. The summed E-state index contributed by atoms with van der Waals surface area (Å²) in [6.45, 7) is 2.89. The lowest BCUT2D eigenvalue weighted by atomic mass is 10.2. The maximum atomic E-state index is 9.58. The third-order valence-corrected chi connectivity index (χ3v) is 7.24. The van der Waals surface area contributed by atoms with Gasteiger partial charge in [0.05, 0.1) is 50.2 Å². The number of hydrogen-bond acceptors (Lipinski definition) is 8. The fourth-order valence-corrected chi connectivity index (χ4v) is 5.05. The van der Waals surface area contributed by atoms with Gasteiger partial charge in [-0.2, -0.15) is 0 Å². The van der Waals surface area contributed by atoms with Crippen molar-refractivity contribution in [3.8, 4) is 11.5 Å². The highest BCUT2D eigenvalue weighted by Crippen LogP contribution is 2.35. The van der Waals surface area contributed by atoms with Crippen molar-refractivity contribution >= 4 is 17.0 Å². The Kier molecular flexibility index (Phi) is 11.1. The molecule has 42 heavy (non-hydrogen) atoms. The Balaban J connectivity index is 1.21. The molecular weight excluding hydrogens is 534 g/mol. The van der Waals surface area contributed by atoms with E-state index in [1.807, 2.05) is 60.7 Å². The number of aliphatic hydroxyl groups is 2. The first kappa shape index (κ1) is 29.8. The summed E-state index contributed by atoms with van der Waals surface area (Å²) >= 11 is 0. The minimum Gasteiger partial charge on any atom is -0.490 e. The first-order chi connectivity index (χ1) is 20.7. The van der Waals surface area contributed by atoms with Gasteiger partial charge in [-0.15, -0.1) is 0 Å². The van der Waals surface area contributed by atoms with Gasteiger partial charge < -0.3 is 34.5 Å². The third kappa shape index (κ3) is 8.01. The first-order valence-electron chi connectivity index (χ1n) is 14.8. The number of nitrogens with zero attached hydrogens (tertiary/aromatic N) is 2. The smallest absolute Gasteiger partial charge is 0.206 e. The Morgan fingerprint density at radius 3 is 2.48 bits per heavy atom. The van der Waals surface area contributed by atoms with Crippen molar-refractivity contribution in [1.29, 1.82) is 0 Å². The van der Waals surface area contributed by atoms with Crippen LogP contribution in [0.15, 0.2) is 72.8 Å². The minimum atomic E-state index is -0.185. The molecule has 224 valence electrons. The van der Waals surface area contributed by atoms with Gasteiger partial charge in [-0.3, -0.25) is 4.57 Å². The van der Waals surface area contributed by atoms with E-state index in [1.54, 1.807) is 0 Å². The fraction of sp³-hybridized carbons (Fsp3) is 0.424. The minimum absolute atomic E-state index is 0.0160. The molecular formula is C33H41N3O6. The number of benzene rings is 3. The number of aromatic nitrogens is 2. The zero-order chi connectivity index (χ0) is 29.0. The monoisotopic (exact) mass is 575 g/mol. The van der Waals surface area contributed by atoms with Crippen LogP contribution in [-0.4, -0.2) is 58.9 Å². The second-order valence-electron chi connectivity index (χ2n) is 10.4. The molecule has 1 aliphatic heterocycles. The number of anilines is 1. The van der Waals surface area contributed by atoms with Crippen LogP contribution in [0.25, 0.3) is 11.0 Å².